The average molecular weight is 492 g/mol. The van der Waals surface area contributed by atoms with Crippen molar-refractivity contribution in [3.63, 3.8) is 0 Å². The van der Waals surface area contributed by atoms with Crippen LogP contribution in [-0.4, -0.2) is 38.7 Å². The summed E-state index contributed by atoms with van der Waals surface area (Å²) in [6.45, 7) is 11.6. The van der Waals surface area contributed by atoms with Crippen LogP contribution in [0.25, 0.3) is 22.3 Å². The smallest absolute Gasteiger partial charge is 0.224 e. The van der Waals surface area contributed by atoms with Crippen molar-refractivity contribution in [1.82, 2.24) is 15.0 Å². The van der Waals surface area contributed by atoms with Gasteiger partial charge in [0.25, 0.3) is 0 Å². The molecule has 0 aliphatic heterocycles. The molecule has 194 valence electrons. The topological polar surface area (TPSA) is 96.1 Å². The number of nitrogens with zero attached hydrogens (tertiary/aromatic N) is 3. The van der Waals surface area contributed by atoms with Crippen molar-refractivity contribution in [2.75, 3.05) is 23.8 Å². The number of rotatable bonds is 7. The number of pyridine rings is 1. The predicted octanol–water partition coefficient (Wildman–Crippen LogP) is 6.41. The lowest BCUT2D eigenvalue weighted by Gasteiger charge is -2.34. The van der Waals surface area contributed by atoms with Gasteiger partial charge >= 0.3 is 0 Å². The van der Waals surface area contributed by atoms with Crippen LogP contribution in [0, 0.1) is 38.5 Å². The van der Waals surface area contributed by atoms with Gasteiger partial charge in [0.15, 0.2) is 5.58 Å². The van der Waals surface area contributed by atoms with E-state index in [-0.39, 0.29) is 12.1 Å². The molecule has 0 bridgehead atoms. The summed E-state index contributed by atoms with van der Waals surface area (Å²) in [7, 11) is 0. The van der Waals surface area contributed by atoms with Crippen LogP contribution in [0.3, 0.4) is 0 Å². The van der Waals surface area contributed by atoms with Gasteiger partial charge in [0.1, 0.15) is 11.6 Å². The molecule has 7 nitrogen and oxygen atoms in total. The molecule has 3 N–H and O–H groups in total. The number of aliphatic hydroxyl groups excluding tert-OH is 1. The van der Waals surface area contributed by atoms with Crippen LogP contribution in [0.1, 0.15) is 75.9 Å². The van der Waals surface area contributed by atoms with Crippen LogP contribution in [0.4, 0.5) is 11.8 Å². The second kappa shape index (κ2) is 10.0. The van der Waals surface area contributed by atoms with Crippen molar-refractivity contribution in [3.8, 4) is 11.3 Å². The molecule has 36 heavy (non-hydrogen) atoms. The van der Waals surface area contributed by atoms with E-state index in [9.17, 15) is 5.11 Å². The fourth-order valence-electron chi connectivity index (χ4n) is 6.33. The third-order valence-electron chi connectivity index (χ3n) is 8.79. The van der Waals surface area contributed by atoms with E-state index in [2.05, 4.69) is 41.6 Å². The maximum atomic E-state index is 9.89. The Labute approximate surface area is 214 Å². The zero-order valence-electron chi connectivity index (χ0n) is 22.4. The Balaban J connectivity index is 1.53. The Morgan fingerprint density at radius 3 is 2.53 bits per heavy atom. The zero-order valence-corrected chi connectivity index (χ0v) is 22.4. The Bertz CT molecular complexity index is 1230. The summed E-state index contributed by atoms with van der Waals surface area (Å²) < 4.78 is 6.38. The number of hydrogen-bond donors (Lipinski definition) is 3. The molecular formula is C29H41N5O2. The third-order valence-corrected chi connectivity index (χ3v) is 8.79. The molecule has 3 aromatic heterocycles. The summed E-state index contributed by atoms with van der Waals surface area (Å²) >= 11 is 0. The van der Waals surface area contributed by atoms with Gasteiger partial charge in [-0.15, -0.1) is 0 Å². The standard InChI is InChI=1S/C29H41N5O2/c1-17-13-23-14-24(36-26(23)20(4)31-17)25-19(3)32-28(30-15-21-9-7-6-8-10-21)33-27(25)34-29(5)12-11-22(16-35)18(29)2/h13-14,18,21-22,35H,6-12,15-16H2,1-5H3,(H2,30,32,33,34). The van der Waals surface area contributed by atoms with Crippen LogP contribution in [0.2, 0.25) is 0 Å². The molecule has 3 heterocycles. The molecule has 7 heteroatoms. The monoisotopic (exact) mass is 491 g/mol. The number of anilines is 2. The lowest BCUT2D eigenvalue weighted by Crippen LogP contribution is -2.40. The highest BCUT2D eigenvalue weighted by molar-refractivity contribution is 5.87. The molecule has 3 aromatic rings. The van der Waals surface area contributed by atoms with Crippen molar-refractivity contribution >= 4 is 22.7 Å². The fourth-order valence-corrected chi connectivity index (χ4v) is 6.33. The average Bonchev–Trinajstić information content (AvgIpc) is 3.39. The highest BCUT2D eigenvalue weighted by Gasteiger charge is 2.43. The molecule has 0 amide bonds. The minimum atomic E-state index is -0.177. The molecule has 2 fully saturated rings. The fraction of sp³-hybridized carbons (Fsp3) is 0.621. The van der Waals surface area contributed by atoms with Gasteiger partial charge < -0.3 is 20.2 Å². The number of fused-ring (bicyclic) bond motifs is 1. The molecule has 5 rings (SSSR count). The van der Waals surface area contributed by atoms with Gasteiger partial charge in [-0.25, -0.2) is 4.98 Å². The van der Waals surface area contributed by atoms with Gasteiger partial charge in [-0.05, 0) is 83.3 Å². The van der Waals surface area contributed by atoms with Crippen LogP contribution in [0.5, 0.6) is 0 Å². The number of aromatic nitrogens is 3. The summed E-state index contributed by atoms with van der Waals surface area (Å²) in [5.74, 6) is 3.51. The normalized spacial score (nSPS) is 24.9. The predicted molar refractivity (Wildman–Crippen MR) is 145 cm³/mol. The van der Waals surface area contributed by atoms with E-state index in [4.69, 9.17) is 14.4 Å². The van der Waals surface area contributed by atoms with Crippen LogP contribution < -0.4 is 10.6 Å². The molecule has 0 radical (unpaired) electrons. The maximum Gasteiger partial charge on any atom is 0.224 e. The number of aryl methyl sites for hydroxylation is 3. The summed E-state index contributed by atoms with van der Waals surface area (Å²) in [5.41, 5.74) is 4.27. The zero-order chi connectivity index (χ0) is 25.4. The largest absolute Gasteiger partial charge is 0.454 e. The van der Waals surface area contributed by atoms with Crippen molar-refractivity contribution in [3.05, 3.63) is 29.2 Å². The summed E-state index contributed by atoms with van der Waals surface area (Å²) in [5, 5.41) is 18.3. The number of nitrogens with one attached hydrogen (secondary N) is 2. The van der Waals surface area contributed by atoms with E-state index >= 15 is 0 Å². The minimum absolute atomic E-state index is 0.177. The molecule has 0 spiro atoms. The summed E-state index contributed by atoms with van der Waals surface area (Å²) in [6, 6.07) is 4.14. The molecular weight excluding hydrogens is 450 g/mol. The number of aliphatic hydroxyl groups is 1. The molecule has 3 atom stereocenters. The first-order valence-corrected chi connectivity index (χ1v) is 13.7. The second-order valence-corrected chi connectivity index (χ2v) is 11.4. The maximum absolute atomic E-state index is 9.89. The van der Waals surface area contributed by atoms with E-state index < -0.39 is 0 Å². The van der Waals surface area contributed by atoms with Crippen molar-refractivity contribution in [2.45, 2.75) is 85.1 Å². The molecule has 3 unspecified atom stereocenters. The van der Waals surface area contributed by atoms with Gasteiger partial charge in [-0.1, -0.05) is 26.2 Å². The van der Waals surface area contributed by atoms with Crippen LogP contribution in [0.15, 0.2) is 16.5 Å². The van der Waals surface area contributed by atoms with Gasteiger partial charge in [-0.2, -0.15) is 4.98 Å². The highest BCUT2D eigenvalue weighted by Crippen LogP contribution is 2.44. The quantitative estimate of drug-likeness (QED) is 0.351. The second-order valence-electron chi connectivity index (χ2n) is 11.4. The Hall–Kier alpha value is -2.67. The van der Waals surface area contributed by atoms with E-state index in [0.717, 1.165) is 64.6 Å². The van der Waals surface area contributed by atoms with E-state index in [1.807, 2.05) is 20.8 Å². The van der Waals surface area contributed by atoms with Crippen molar-refractivity contribution in [1.29, 1.82) is 0 Å². The highest BCUT2D eigenvalue weighted by atomic mass is 16.3. The Morgan fingerprint density at radius 1 is 1.03 bits per heavy atom. The van der Waals surface area contributed by atoms with Gasteiger partial charge in [-0.3, -0.25) is 4.98 Å². The van der Waals surface area contributed by atoms with Crippen molar-refractivity contribution in [2.24, 2.45) is 17.8 Å². The molecule has 2 saturated carbocycles. The summed E-state index contributed by atoms with van der Waals surface area (Å²) in [4.78, 5) is 14.5. The summed E-state index contributed by atoms with van der Waals surface area (Å²) in [6.07, 6.45) is 8.53. The van der Waals surface area contributed by atoms with Gasteiger partial charge in [0, 0.05) is 29.8 Å². The third kappa shape index (κ3) is 4.82. The molecule has 0 saturated heterocycles. The first-order chi connectivity index (χ1) is 17.3. The Morgan fingerprint density at radius 2 is 1.81 bits per heavy atom. The first-order valence-electron chi connectivity index (χ1n) is 13.7. The molecule has 2 aliphatic rings. The van der Waals surface area contributed by atoms with E-state index in [0.29, 0.717) is 23.7 Å². The number of furan rings is 1. The minimum Gasteiger partial charge on any atom is -0.454 e. The van der Waals surface area contributed by atoms with Gasteiger partial charge in [0.05, 0.1) is 17.0 Å². The van der Waals surface area contributed by atoms with E-state index in [1.165, 1.54) is 32.1 Å². The number of hydrogen-bond acceptors (Lipinski definition) is 7. The van der Waals surface area contributed by atoms with Gasteiger partial charge in [0.2, 0.25) is 5.95 Å². The lowest BCUT2D eigenvalue weighted by atomic mass is 9.86. The van der Waals surface area contributed by atoms with Crippen molar-refractivity contribution < 1.29 is 9.52 Å². The van der Waals surface area contributed by atoms with E-state index in [1.54, 1.807) is 0 Å². The van der Waals surface area contributed by atoms with Crippen LogP contribution >= 0.6 is 0 Å². The SMILES string of the molecule is Cc1cc2cc(-c3c(C)nc(NCC4CCCCC4)nc3NC3(C)CCC(CO)C3C)oc2c(C)n1. The van der Waals surface area contributed by atoms with Crippen LogP contribution in [-0.2, 0) is 0 Å². The lowest BCUT2D eigenvalue weighted by molar-refractivity contribution is 0.187. The molecule has 0 aromatic carbocycles. The Kier molecular flexibility index (Phi) is 6.95. The first kappa shape index (κ1) is 25.0. The molecule has 2 aliphatic carbocycles.